The first-order chi connectivity index (χ1) is 11.4. The molecule has 3 rings (SSSR count). The lowest BCUT2D eigenvalue weighted by Crippen LogP contribution is -2.28. The molecule has 0 unspecified atom stereocenters. The topological polar surface area (TPSA) is 18.5 Å². The van der Waals surface area contributed by atoms with Gasteiger partial charge in [-0.25, -0.2) is 0 Å². The van der Waals surface area contributed by atoms with Gasteiger partial charge in [0.1, 0.15) is 0 Å². The zero-order valence-corrected chi connectivity index (χ0v) is 15.1. The van der Waals surface area contributed by atoms with E-state index in [0.717, 1.165) is 37.6 Å². The van der Waals surface area contributed by atoms with Gasteiger partial charge in [-0.05, 0) is 56.3 Å². The van der Waals surface area contributed by atoms with Crippen LogP contribution in [0, 0.1) is 17.8 Å². The Kier molecular flexibility index (Phi) is 7.74. The minimum atomic E-state index is 0.521. The van der Waals surface area contributed by atoms with Gasteiger partial charge < -0.3 is 9.47 Å². The molecular formula is C21H38O2. The highest BCUT2D eigenvalue weighted by Gasteiger charge is 2.28. The molecule has 3 aliphatic rings. The van der Waals surface area contributed by atoms with E-state index >= 15 is 0 Å². The molecular weight excluding hydrogens is 284 g/mol. The predicted octanol–water partition coefficient (Wildman–Crippen LogP) is 5.74. The first kappa shape index (κ1) is 17.7. The Balaban J connectivity index is 1.20. The highest BCUT2D eigenvalue weighted by molar-refractivity contribution is 4.80. The molecule has 0 aromatic heterocycles. The molecule has 0 bridgehead atoms. The van der Waals surface area contributed by atoms with Crippen LogP contribution in [0.1, 0.15) is 89.9 Å². The van der Waals surface area contributed by atoms with E-state index < -0.39 is 0 Å². The van der Waals surface area contributed by atoms with Crippen molar-refractivity contribution in [3.8, 4) is 0 Å². The minimum absolute atomic E-state index is 0.521. The fraction of sp³-hybridized carbons (Fsp3) is 1.00. The summed E-state index contributed by atoms with van der Waals surface area (Å²) in [5.41, 5.74) is 0. The number of rotatable bonds is 7. The summed E-state index contributed by atoms with van der Waals surface area (Å²) in [5.74, 6) is 2.89. The largest absolute Gasteiger partial charge is 0.379 e. The Morgan fingerprint density at radius 2 is 1.17 bits per heavy atom. The van der Waals surface area contributed by atoms with E-state index in [1.807, 2.05) is 0 Å². The summed E-state index contributed by atoms with van der Waals surface area (Å²) >= 11 is 0. The van der Waals surface area contributed by atoms with Crippen LogP contribution < -0.4 is 0 Å². The van der Waals surface area contributed by atoms with Crippen molar-refractivity contribution >= 4 is 0 Å². The van der Waals surface area contributed by atoms with Crippen molar-refractivity contribution < 1.29 is 9.47 Å². The van der Waals surface area contributed by atoms with Gasteiger partial charge in [-0.2, -0.15) is 0 Å². The van der Waals surface area contributed by atoms with Crippen LogP contribution in [0.15, 0.2) is 0 Å². The molecule has 0 aromatic rings. The van der Waals surface area contributed by atoms with Crippen molar-refractivity contribution in [2.45, 2.75) is 96.0 Å². The molecule has 0 amide bonds. The third kappa shape index (κ3) is 6.05. The first-order valence-corrected chi connectivity index (χ1v) is 10.6. The SMILES string of the molecule is C1CCC(COCCOC2CCC(C3CCCCC3)CC2)CC1. The molecule has 0 aromatic carbocycles. The molecule has 2 heteroatoms. The highest BCUT2D eigenvalue weighted by Crippen LogP contribution is 2.38. The maximum atomic E-state index is 6.08. The number of hydrogen-bond acceptors (Lipinski definition) is 2. The lowest BCUT2D eigenvalue weighted by Gasteiger charge is -2.35. The van der Waals surface area contributed by atoms with E-state index in [4.69, 9.17) is 9.47 Å². The summed E-state index contributed by atoms with van der Waals surface area (Å²) in [6, 6.07) is 0. The summed E-state index contributed by atoms with van der Waals surface area (Å²) in [6.07, 6.45) is 20.4. The predicted molar refractivity (Wildman–Crippen MR) is 95.7 cm³/mol. The van der Waals surface area contributed by atoms with Gasteiger partial charge >= 0.3 is 0 Å². The smallest absolute Gasteiger partial charge is 0.0704 e. The van der Waals surface area contributed by atoms with Gasteiger partial charge in [-0.15, -0.1) is 0 Å². The summed E-state index contributed by atoms with van der Waals surface area (Å²) in [4.78, 5) is 0. The van der Waals surface area contributed by atoms with Crippen LogP contribution in [0.4, 0.5) is 0 Å². The lowest BCUT2D eigenvalue weighted by atomic mass is 9.73. The summed E-state index contributed by atoms with van der Waals surface area (Å²) < 4.78 is 11.9. The molecule has 0 saturated heterocycles. The second-order valence-corrected chi connectivity index (χ2v) is 8.38. The number of ether oxygens (including phenoxy) is 2. The van der Waals surface area contributed by atoms with Crippen LogP contribution in [-0.2, 0) is 9.47 Å². The van der Waals surface area contributed by atoms with Crippen LogP contribution in [0.25, 0.3) is 0 Å². The average molecular weight is 323 g/mol. The van der Waals surface area contributed by atoms with Crippen molar-refractivity contribution in [3.05, 3.63) is 0 Å². The summed E-state index contributed by atoms with van der Waals surface area (Å²) in [5, 5.41) is 0. The van der Waals surface area contributed by atoms with E-state index in [1.165, 1.54) is 89.9 Å². The molecule has 0 spiro atoms. The molecule has 3 fully saturated rings. The second kappa shape index (κ2) is 10.0. The van der Waals surface area contributed by atoms with Crippen LogP contribution in [0.3, 0.4) is 0 Å². The standard InChI is InChI=1S/C21H38O2/c1-3-7-18(8-4-1)17-22-15-16-23-21-13-11-20(12-14-21)19-9-5-2-6-10-19/h18-21H,1-17H2. The van der Waals surface area contributed by atoms with Crippen molar-refractivity contribution in [2.75, 3.05) is 19.8 Å². The van der Waals surface area contributed by atoms with Gasteiger partial charge in [-0.3, -0.25) is 0 Å². The van der Waals surface area contributed by atoms with Crippen molar-refractivity contribution in [3.63, 3.8) is 0 Å². The third-order valence-electron chi connectivity index (χ3n) is 6.69. The van der Waals surface area contributed by atoms with Crippen LogP contribution >= 0.6 is 0 Å². The fourth-order valence-electron chi connectivity index (χ4n) is 5.21. The third-order valence-corrected chi connectivity index (χ3v) is 6.69. The molecule has 3 saturated carbocycles. The van der Waals surface area contributed by atoms with E-state index in [-0.39, 0.29) is 0 Å². The second-order valence-electron chi connectivity index (χ2n) is 8.38. The van der Waals surface area contributed by atoms with Gasteiger partial charge in [0, 0.05) is 6.61 Å². The molecule has 0 heterocycles. The van der Waals surface area contributed by atoms with Crippen LogP contribution in [0.2, 0.25) is 0 Å². The molecule has 0 atom stereocenters. The van der Waals surface area contributed by atoms with E-state index in [1.54, 1.807) is 0 Å². The molecule has 134 valence electrons. The molecule has 2 nitrogen and oxygen atoms in total. The molecule has 0 N–H and O–H groups in total. The van der Waals surface area contributed by atoms with Gasteiger partial charge in [0.15, 0.2) is 0 Å². The van der Waals surface area contributed by atoms with Crippen LogP contribution in [0.5, 0.6) is 0 Å². The van der Waals surface area contributed by atoms with Crippen molar-refractivity contribution in [2.24, 2.45) is 17.8 Å². The molecule has 23 heavy (non-hydrogen) atoms. The zero-order valence-electron chi connectivity index (χ0n) is 15.1. The number of hydrogen-bond donors (Lipinski definition) is 0. The Morgan fingerprint density at radius 1 is 0.565 bits per heavy atom. The van der Waals surface area contributed by atoms with Gasteiger partial charge in [0.2, 0.25) is 0 Å². The zero-order chi connectivity index (χ0) is 15.7. The van der Waals surface area contributed by atoms with E-state index in [9.17, 15) is 0 Å². The average Bonchev–Trinajstić information content (AvgIpc) is 2.64. The molecule has 0 radical (unpaired) electrons. The first-order valence-electron chi connectivity index (χ1n) is 10.6. The summed E-state index contributed by atoms with van der Waals surface area (Å²) in [6.45, 7) is 2.59. The maximum absolute atomic E-state index is 6.08. The lowest BCUT2D eigenvalue weighted by molar-refractivity contribution is -0.0282. The Morgan fingerprint density at radius 3 is 1.87 bits per heavy atom. The van der Waals surface area contributed by atoms with E-state index in [0.29, 0.717) is 6.10 Å². The molecule has 3 aliphatic carbocycles. The Bertz CT molecular complexity index is 297. The molecule has 0 aliphatic heterocycles. The van der Waals surface area contributed by atoms with Crippen molar-refractivity contribution in [1.82, 2.24) is 0 Å². The van der Waals surface area contributed by atoms with Gasteiger partial charge in [-0.1, -0.05) is 51.4 Å². The van der Waals surface area contributed by atoms with Crippen molar-refractivity contribution in [1.29, 1.82) is 0 Å². The maximum Gasteiger partial charge on any atom is 0.0704 e. The van der Waals surface area contributed by atoms with Crippen LogP contribution in [-0.4, -0.2) is 25.9 Å². The Labute approximate surface area is 143 Å². The Hall–Kier alpha value is -0.0800. The minimum Gasteiger partial charge on any atom is -0.379 e. The van der Waals surface area contributed by atoms with E-state index in [2.05, 4.69) is 0 Å². The monoisotopic (exact) mass is 322 g/mol. The summed E-state index contributed by atoms with van der Waals surface area (Å²) in [7, 11) is 0. The highest BCUT2D eigenvalue weighted by atomic mass is 16.5. The fourth-order valence-corrected chi connectivity index (χ4v) is 5.21. The van der Waals surface area contributed by atoms with Gasteiger partial charge in [0.05, 0.1) is 19.3 Å². The van der Waals surface area contributed by atoms with Gasteiger partial charge in [0.25, 0.3) is 0 Å². The normalized spacial score (nSPS) is 31.3. The quantitative estimate of drug-likeness (QED) is 0.556.